The summed E-state index contributed by atoms with van der Waals surface area (Å²) < 4.78 is 0. The summed E-state index contributed by atoms with van der Waals surface area (Å²) in [5.41, 5.74) is 3.74. The summed E-state index contributed by atoms with van der Waals surface area (Å²) in [7, 11) is 0. The van der Waals surface area contributed by atoms with Gasteiger partial charge in [0, 0.05) is 0 Å². The molecule has 2 nitrogen and oxygen atoms in total. The zero-order chi connectivity index (χ0) is 9.26. The van der Waals surface area contributed by atoms with Crippen molar-refractivity contribution in [2.45, 2.75) is 6.92 Å². The van der Waals surface area contributed by atoms with Crippen LogP contribution in [0.4, 0.5) is 0 Å². The van der Waals surface area contributed by atoms with Crippen molar-refractivity contribution < 1.29 is 0 Å². The Labute approximate surface area is 84.1 Å². The molecule has 0 saturated carbocycles. The smallest absolute Gasteiger partial charge is 0.133 e. The van der Waals surface area contributed by atoms with Crippen molar-refractivity contribution in [2.24, 2.45) is 0 Å². The second kappa shape index (κ2) is 3.29. The molecule has 2 aromatic heterocycles. The molecule has 0 aliphatic rings. The van der Waals surface area contributed by atoms with Crippen molar-refractivity contribution in [3.05, 3.63) is 27.4 Å². The first-order valence-corrected chi connectivity index (χ1v) is 5.47. The van der Waals surface area contributed by atoms with E-state index < -0.39 is 0 Å². The number of aromatic nitrogens is 1. The minimum absolute atomic E-state index is 0.700. The molecule has 0 unspecified atom stereocenters. The van der Waals surface area contributed by atoms with Gasteiger partial charge in [-0.3, -0.25) is 0 Å². The lowest BCUT2D eigenvalue weighted by molar-refractivity contribution is 1.39. The summed E-state index contributed by atoms with van der Waals surface area (Å²) in [4.78, 5) is 6.01. The van der Waals surface area contributed by atoms with E-state index in [9.17, 15) is 0 Å². The molecule has 0 fully saturated rings. The predicted molar refractivity (Wildman–Crippen MR) is 54.9 cm³/mol. The van der Waals surface area contributed by atoms with Gasteiger partial charge in [-0.25, -0.2) is 4.98 Å². The van der Waals surface area contributed by atoms with Crippen LogP contribution in [0, 0.1) is 18.3 Å². The summed E-state index contributed by atoms with van der Waals surface area (Å²) in [6, 6.07) is 4.20. The lowest BCUT2D eigenvalue weighted by atomic mass is 10.2. The van der Waals surface area contributed by atoms with Crippen LogP contribution in [0.15, 0.2) is 17.0 Å². The molecule has 13 heavy (non-hydrogen) atoms. The fourth-order valence-corrected chi connectivity index (χ4v) is 2.68. The molecular formula is C9H6N2S2. The maximum absolute atomic E-state index is 8.82. The molecule has 2 aromatic rings. The molecule has 2 rings (SSSR count). The summed E-state index contributed by atoms with van der Waals surface area (Å²) >= 11 is 3.02. The molecule has 0 radical (unpaired) electrons. The Hall–Kier alpha value is -1.18. The van der Waals surface area contributed by atoms with E-state index in [-0.39, 0.29) is 0 Å². The number of thiophene rings is 1. The topological polar surface area (TPSA) is 36.7 Å². The van der Waals surface area contributed by atoms with Gasteiger partial charge in [0.1, 0.15) is 16.6 Å². The number of thiazole rings is 1. The van der Waals surface area contributed by atoms with Crippen molar-refractivity contribution in [2.75, 3.05) is 0 Å². The molecule has 0 aromatic carbocycles. The zero-order valence-electron chi connectivity index (χ0n) is 6.94. The van der Waals surface area contributed by atoms with Gasteiger partial charge >= 0.3 is 0 Å². The van der Waals surface area contributed by atoms with Gasteiger partial charge in [0.15, 0.2) is 0 Å². The second-order valence-corrected chi connectivity index (χ2v) is 4.35. The fourth-order valence-electron chi connectivity index (χ4n) is 1.10. The van der Waals surface area contributed by atoms with Gasteiger partial charge in [0.2, 0.25) is 0 Å². The molecule has 0 aliphatic carbocycles. The first kappa shape index (κ1) is 8.42. The van der Waals surface area contributed by atoms with Crippen LogP contribution in [0.3, 0.4) is 0 Å². The van der Waals surface area contributed by atoms with Crippen molar-refractivity contribution in [1.82, 2.24) is 4.98 Å². The molecular weight excluding hydrogens is 200 g/mol. The maximum atomic E-state index is 8.82. The highest BCUT2D eigenvalue weighted by Crippen LogP contribution is 2.31. The van der Waals surface area contributed by atoms with E-state index in [1.54, 1.807) is 16.8 Å². The normalized spacial score (nSPS) is 9.85. The van der Waals surface area contributed by atoms with Crippen LogP contribution in [0.1, 0.15) is 10.4 Å². The largest absolute Gasteiger partial charge is 0.242 e. The van der Waals surface area contributed by atoms with E-state index in [1.807, 2.05) is 18.4 Å². The van der Waals surface area contributed by atoms with Gasteiger partial charge in [-0.1, -0.05) is 0 Å². The number of hydrogen-bond acceptors (Lipinski definition) is 4. The van der Waals surface area contributed by atoms with Crippen molar-refractivity contribution >= 4 is 22.7 Å². The van der Waals surface area contributed by atoms with Gasteiger partial charge in [-0.2, -0.15) is 5.26 Å². The summed E-state index contributed by atoms with van der Waals surface area (Å²) in [6.07, 6.45) is 0. The van der Waals surface area contributed by atoms with Gasteiger partial charge in [-0.15, -0.1) is 22.7 Å². The monoisotopic (exact) mass is 206 g/mol. The first-order chi connectivity index (χ1) is 6.33. The summed E-state index contributed by atoms with van der Waals surface area (Å²) in [5.74, 6) is 0. The van der Waals surface area contributed by atoms with Crippen LogP contribution in [0.5, 0.6) is 0 Å². The molecule has 0 N–H and O–H groups in total. The zero-order valence-corrected chi connectivity index (χ0v) is 8.58. The minimum atomic E-state index is 0.700. The second-order valence-electron chi connectivity index (χ2n) is 2.57. The van der Waals surface area contributed by atoms with E-state index in [0.29, 0.717) is 4.88 Å². The van der Waals surface area contributed by atoms with E-state index >= 15 is 0 Å². The molecule has 0 spiro atoms. The van der Waals surface area contributed by atoms with Crippen LogP contribution >= 0.6 is 22.7 Å². The number of nitrogens with zero attached hydrogens (tertiary/aromatic N) is 2. The SMILES string of the molecule is Cc1ccsc1-c1ncsc1C#N. The van der Waals surface area contributed by atoms with Crippen LogP contribution in [-0.4, -0.2) is 4.98 Å². The third-order valence-corrected chi connectivity index (χ3v) is 3.50. The fraction of sp³-hybridized carbons (Fsp3) is 0.111. The number of nitriles is 1. The van der Waals surface area contributed by atoms with Crippen LogP contribution < -0.4 is 0 Å². The minimum Gasteiger partial charge on any atom is -0.242 e. The van der Waals surface area contributed by atoms with Crippen LogP contribution in [-0.2, 0) is 0 Å². The molecule has 0 saturated heterocycles. The van der Waals surface area contributed by atoms with E-state index in [0.717, 1.165) is 10.6 Å². The molecule has 4 heteroatoms. The average Bonchev–Trinajstić information content (AvgIpc) is 2.71. The Bertz CT molecular complexity index is 462. The standard InChI is InChI=1S/C9H6N2S2/c1-6-2-3-12-9(6)8-7(4-10)13-5-11-8/h2-3,5H,1H3. The summed E-state index contributed by atoms with van der Waals surface area (Å²) in [5, 5.41) is 10.8. The lowest BCUT2D eigenvalue weighted by Crippen LogP contribution is -1.78. The van der Waals surface area contributed by atoms with Crippen LogP contribution in [0.25, 0.3) is 10.6 Å². The average molecular weight is 206 g/mol. The van der Waals surface area contributed by atoms with Gasteiger partial charge < -0.3 is 0 Å². The van der Waals surface area contributed by atoms with E-state index in [4.69, 9.17) is 5.26 Å². The van der Waals surface area contributed by atoms with E-state index in [1.165, 1.54) is 16.9 Å². The van der Waals surface area contributed by atoms with Crippen molar-refractivity contribution in [1.29, 1.82) is 5.26 Å². The third kappa shape index (κ3) is 1.37. The highest BCUT2D eigenvalue weighted by atomic mass is 32.1. The molecule has 0 bridgehead atoms. The predicted octanol–water partition coefficient (Wildman–Crippen LogP) is 3.05. The van der Waals surface area contributed by atoms with Gasteiger partial charge in [0.25, 0.3) is 0 Å². The number of aryl methyl sites for hydroxylation is 1. The number of hydrogen-bond donors (Lipinski definition) is 0. The van der Waals surface area contributed by atoms with Crippen LogP contribution in [0.2, 0.25) is 0 Å². The van der Waals surface area contributed by atoms with Gasteiger partial charge in [0.05, 0.1) is 10.4 Å². The lowest BCUT2D eigenvalue weighted by Gasteiger charge is -1.93. The van der Waals surface area contributed by atoms with Crippen molar-refractivity contribution in [3.63, 3.8) is 0 Å². The quantitative estimate of drug-likeness (QED) is 0.719. The number of rotatable bonds is 1. The molecule has 0 aliphatic heterocycles. The Morgan fingerprint density at radius 1 is 1.46 bits per heavy atom. The molecule has 0 amide bonds. The Kier molecular flexibility index (Phi) is 2.13. The molecule has 64 valence electrons. The Balaban J connectivity index is 2.60. The Morgan fingerprint density at radius 2 is 2.31 bits per heavy atom. The first-order valence-electron chi connectivity index (χ1n) is 3.71. The molecule has 2 heterocycles. The highest BCUT2D eigenvalue weighted by Gasteiger charge is 2.11. The van der Waals surface area contributed by atoms with Crippen molar-refractivity contribution in [3.8, 4) is 16.6 Å². The Morgan fingerprint density at radius 3 is 2.92 bits per heavy atom. The molecule has 0 atom stereocenters. The highest BCUT2D eigenvalue weighted by molar-refractivity contribution is 7.15. The van der Waals surface area contributed by atoms with E-state index in [2.05, 4.69) is 11.1 Å². The summed E-state index contributed by atoms with van der Waals surface area (Å²) in [6.45, 7) is 2.03. The maximum Gasteiger partial charge on any atom is 0.133 e. The van der Waals surface area contributed by atoms with Gasteiger partial charge in [-0.05, 0) is 23.9 Å². The third-order valence-electron chi connectivity index (χ3n) is 1.75.